The quantitative estimate of drug-likeness (QED) is 0.864. The number of hydrogen-bond donors (Lipinski definition) is 2. The van der Waals surface area contributed by atoms with Gasteiger partial charge in [0.15, 0.2) is 0 Å². The van der Waals surface area contributed by atoms with Gasteiger partial charge < -0.3 is 15.0 Å². The molecule has 5 heteroatoms. The molecule has 0 spiro atoms. The minimum absolute atomic E-state index is 0.0847. The molecular formula is C14H17N3O2. The molecule has 2 N–H and O–H groups in total. The maximum Gasteiger partial charge on any atom is 0.251 e. The number of nitrogens with one attached hydrogen (secondary N) is 2. The summed E-state index contributed by atoms with van der Waals surface area (Å²) in [5.41, 5.74) is 0.574. The first-order valence-corrected chi connectivity index (χ1v) is 6.18. The number of amides is 1. The van der Waals surface area contributed by atoms with E-state index < -0.39 is 0 Å². The summed E-state index contributed by atoms with van der Waals surface area (Å²) in [5.74, 6) is 1.27. The number of hydrogen-bond acceptors (Lipinski definition) is 3. The van der Waals surface area contributed by atoms with Crippen molar-refractivity contribution in [1.29, 1.82) is 0 Å². The number of nitrogens with zero attached hydrogens (tertiary/aromatic N) is 1. The number of rotatable bonds is 5. The van der Waals surface area contributed by atoms with Gasteiger partial charge in [0.1, 0.15) is 11.6 Å². The maximum absolute atomic E-state index is 12.0. The van der Waals surface area contributed by atoms with Crippen LogP contribution in [0, 0.1) is 0 Å². The zero-order valence-electron chi connectivity index (χ0n) is 11.0. The van der Waals surface area contributed by atoms with Gasteiger partial charge in [0.25, 0.3) is 5.91 Å². The summed E-state index contributed by atoms with van der Waals surface area (Å²) >= 11 is 0. The van der Waals surface area contributed by atoms with E-state index in [1.807, 2.05) is 19.9 Å². The number of carbonyl (C=O) groups excluding carboxylic acids is 1. The summed E-state index contributed by atoms with van der Waals surface area (Å²) in [7, 11) is 0. The average Bonchev–Trinajstić information content (AvgIpc) is 2.88. The van der Waals surface area contributed by atoms with Crippen LogP contribution in [0.15, 0.2) is 36.7 Å². The Morgan fingerprint density at radius 3 is 3.00 bits per heavy atom. The molecule has 2 rings (SSSR count). The Morgan fingerprint density at radius 2 is 2.32 bits per heavy atom. The number of benzene rings is 1. The molecule has 0 unspecified atom stereocenters. The van der Waals surface area contributed by atoms with Crippen molar-refractivity contribution in [2.24, 2.45) is 0 Å². The van der Waals surface area contributed by atoms with Crippen molar-refractivity contribution < 1.29 is 9.53 Å². The van der Waals surface area contributed by atoms with E-state index in [0.717, 1.165) is 5.82 Å². The van der Waals surface area contributed by atoms with Crippen LogP contribution in [0.5, 0.6) is 5.75 Å². The molecule has 0 atom stereocenters. The highest BCUT2D eigenvalue weighted by Gasteiger charge is 2.07. The molecule has 0 aliphatic carbocycles. The molecule has 1 amide bonds. The lowest BCUT2D eigenvalue weighted by atomic mass is 10.2. The van der Waals surface area contributed by atoms with Gasteiger partial charge in [-0.25, -0.2) is 4.98 Å². The smallest absolute Gasteiger partial charge is 0.251 e. The Morgan fingerprint density at radius 1 is 1.47 bits per heavy atom. The second kappa shape index (κ2) is 6.04. The van der Waals surface area contributed by atoms with E-state index in [-0.39, 0.29) is 12.0 Å². The molecule has 0 fully saturated rings. The Labute approximate surface area is 112 Å². The van der Waals surface area contributed by atoms with Crippen LogP contribution in [0.2, 0.25) is 0 Å². The Balaban J connectivity index is 1.98. The fourth-order valence-electron chi connectivity index (χ4n) is 1.64. The molecule has 100 valence electrons. The van der Waals surface area contributed by atoms with Crippen LogP contribution in [0.1, 0.15) is 30.0 Å². The molecule has 1 heterocycles. The van der Waals surface area contributed by atoms with Gasteiger partial charge in [-0.05, 0) is 32.0 Å². The van der Waals surface area contributed by atoms with Gasteiger partial charge in [-0.1, -0.05) is 6.07 Å². The molecule has 0 bridgehead atoms. The third-order valence-corrected chi connectivity index (χ3v) is 2.44. The molecule has 5 nitrogen and oxygen atoms in total. The number of aromatic amines is 1. The van der Waals surface area contributed by atoms with Gasteiger partial charge in [-0.2, -0.15) is 0 Å². The number of aromatic nitrogens is 2. The fourth-order valence-corrected chi connectivity index (χ4v) is 1.64. The first-order valence-electron chi connectivity index (χ1n) is 6.18. The summed E-state index contributed by atoms with van der Waals surface area (Å²) in [6.07, 6.45) is 3.46. The Bertz CT molecular complexity index is 535. The lowest BCUT2D eigenvalue weighted by Crippen LogP contribution is -2.23. The highest BCUT2D eigenvalue weighted by Crippen LogP contribution is 2.14. The van der Waals surface area contributed by atoms with E-state index in [1.165, 1.54) is 0 Å². The summed E-state index contributed by atoms with van der Waals surface area (Å²) in [6, 6.07) is 7.13. The zero-order chi connectivity index (χ0) is 13.7. The lowest BCUT2D eigenvalue weighted by molar-refractivity contribution is 0.0949. The van der Waals surface area contributed by atoms with E-state index in [4.69, 9.17) is 4.74 Å². The third kappa shape index (κ3) is 3.84. The molecule has 1 aromatic carbocycles. The van der Waals surface area contributed by atoms with E-state index >= 15 is 0 Å². The van der Waals surface area contributed by atoms with E-state index in [0.29, 0.717) is 17.9 Å². The Hall–Kier alpha value is -2.30. The number of ether oxygens (including phenoxy) is 1. The van der Waals surface area contributed by atoms with Crippen LogP contribution >= 0.6 is 0 Å². The number of carbonyl (C=O) groups is 1. The lowest BCUT2D eigenvalue weighted by Gasteiger charge is -2.10. The first kappa shape index (κ1) is 13.1. The van der Waals surface area contributed by atoms with Crippen molar-refractivity contribution >= 4 is 5.91 Å². The van der Waals surface area contributed by atoms with Crippen molar-refractivity contribution in [3.05, 3.63) is 48.0 Å². The minimum Gasteiger partial charge on any atom is -0.491 e. The van der Waals surface area contributed by atoms with E-state index in [1.54, 1.807) is 30.6 Å². The molecule has 0 saturated carbocycles. The van der Waals surface area contributed by atoms with Crippen LogP contribution in [0.25, 0.3) is 0 Å². The van der Waals surface area contributed by atoms with Crippen LogP contribution < -0.4 is 10.1 Å². The molecule has 0 aliphatic rings. The monoisotopic (exact) mass is 259 g/mol. The van der Waals surface area contributed by atoms with Crippen molar-refractivity contribution in [1.82, 2.24) is 15.3 Å². The van der Waals surface area contributed by atoms with Gasteiger partial charge in [0.2, 0.25) is 0 Å². The van der Waals surface area contributed by atoms with Gasteiger partial charge in [0.05, 0.1) is 12.6 Å². The standard InChI is InChI=1S/C14H17N3O2/c1-10(2)19-12-5-3-4-11(8-12)14(18)17-9-13-15-6-7-16-13/h3-8,10H,9H2,1-2H3,(H,15,16)(H,17,18). The van der Waals surface area contributed by atoms with Gasteiger partial charge in [-0.3, -0.25) is 4.79 Å². The van der Waals surface area contributed by atoms with Gasteiger partial charge in [-0.15, -0.1) is 0 Å². The molecular weight excluding hydrogens is 242 g/mol. The second-order valence-electron chi connectivity index (χ2n) is 4.41. The second-order valence-corrected chi connectivity index (χ2v) is 4.41. The molecule has 1 aromatic heterocycles. The van der Waals surface area contributed by atoms with E-state index in [2.05, 4.69) is 15.3 Å². The molecule has 0 saturated heterocycles. The van der Waals surface area contributed by atoms with Crippen LogP contribution in [0.3, 0.4) is 0 Å². The topological polar surface area (TPSA) is 67.0 Å². The Kier molecular flexibility index (Phi) is 4.18. The largest absolute Gasteiger partial charge is 0.491 e. The number of imidazole rings is 1. The first-order chi connectivity index (χ1) is 9.15. The average molecular weight is 259 g/mol. The highest BCUT2D eigenvalue weighted by molar-refractivity contribution is 5.94. The summed E-state index contributed by atoms with van der Waals surface area (Å²) in [6.45, 7) is 4.27. The predicted molar refractivity (Wildman–Crippen MR) is 72.0 cm³/mol. The van der Waals surface area contributed by atoms with Crippen LogP contribution in [0.4, 0.5) is 0 Å². The minimum atomic E-state index is -0.148. The zero-order valence-corrected chi connectivity index (χ0v) is 11.0. The predicted octanol–water partition coefficient (Wildman–Crippen LogP) is 2.13. The fraction of sp³-hybridized carbons (Fsp3) is 0.286. The van der Waals surface area contributed by atoms with Crippen molar-refractivity contribution in [3.63, 3.8) is 0 Å². The van der Waals surface area contributed by atoms with Gasteiger partial charge >= 0.3 is 0 Å². The highest BCUT2D eigenvalue weighted by atomic mass is 16.5. The summed E-state index contributed by atoms with van der Waals surface area (Å²) < 4.78 is 5.56. The van der Waals surface area contributed by atoms with Crippen molar-refractivity contribution in [3.8, 4) is 5.75 Å². The molecule has 19 heavy (non-hydrogen) atoms. The van der Waals surface area contributed by atoms with Gasteiger partial charge in [0, 0.05) is 18.0 Å². The molecule has 2 aromatic rings. The molecule has 0 aliphatic heterocycles. The van der Waals surface area contributed by atoms with Crippen LogP contribution in [-0.4, -0.2) is 22.0 Å². The molecule has 0 radical (unpaired) electrons. The van der Waals surface area contributed by atoms with E-state index in [9.17, 15) is 4.79 Å². The van der Waals surface area contributed by atoms with Crippen LogP contribution in [-0.2, 0) is 6.54 Å². The van der Waals surface area contributed by atoms with Crippen molar-refractivity contribution in [2.75, 3.05) is 0 Å². The maximum atomic E-state index is 12.0. The SMILES string of the molecule is CC(C)Oc1cccc(C(=O)NCc2ncc[nH]2)c1. The summed E-state index contributed by atoms with van der Waals surface area (Å²) in [4.78, 5) is 18.9. The van der Waals surface area contributed by atoms with Crippen molar-refractivity contribution in [2.45, 2.75) is 26.5 Å². The number of H-pyrrole nitrogens is 1. The normalized spacial score (nSPS) is 10.5. The third-order valence-electron chi connectivity index (χ3n) is 2.44. The summed E-state index contributed by atoms with van der Waals surface area (Å²) in [5, 5.41) is 2.79.